The second-order valence-electron chi connectivity index (χ2n) is 2.32. The summed E-state index contributed by atoms with van der Waals surface area (Å²) in [4.78, 5) is 20.6. The fourth-order valence-electron chi connectivity index (χ4n) is 0.806. The van der Waals surface area contributed by atoms with Crippen LogP contribution in [-0.2, 0) is 9.59 Å². The standard InChI is InChI=1S/C9H8O5/c10-5-9(12)14-8-3-1-7(2-4-8)13-6-11/h1-4,6,10H,5H2. The summed E-state index contributed by atoms with van der Waals surface area (Å²) in [5.74, 6) is -0.111. The topological polar surface area (TPSA) is 72.8 Å². The van der Waals surface area contributed by atoms with Crippen LogP contribution in [0, 0.1) is 0 Å². The molecule has 1 aromatic carbocycles. The maximum absolute atomic E-state index is 10.6. The van der Waals surface area contributed by atoms with E-state index in [4.69, 9.17) is 5.11 Å². The zero-order valence-electron chi connectivity index (χ0n) is 7.17. The second-order valence-corrected chi connectivity index (χ2v) is 2.32. The molecule has 0 fully saturated rings. The molecule has 1 rings (SSSR count). The van der Waals surface area contributed by atoms with Gasteiger partial charge < -0.3 is 14.6 Å². The van der Waals surface area contributed by atoms with Gasteiger partial charge in [-0.05, 0) is 24.3 Å². The lowest BCUT2D eigenvalue weighted by atomic mass is 10.3. The van der Waals surface area contributed by atoms with Gasteiger partial charge in [-0.15, -0.1) is 0 Å². The number of aliphatic hydroxyl groups excluding tert-OH is 1. The van der Waals surface area contributed by atoms with Crippen LogP contribution in [0.25, 0.3) is 0 Å². The lowest BCUT2D eigenvalue weighted by Gasteiger charge is -2.02. The highest BCUT2D eigenvalue weighted by Gasteiger charge is 2.02. The van der Waals surface area contributed by atoms with E-state index in [9.17, 15) is 9.59 Å². The molecule has 0 bridgehead atoms. The molecule has 0 aliphatic heterocycles. The van der Waals surface area contributed by atoms with E-state index in [0.29, 0.717) is 12.2 Å². The highest BCUT2D eigenvalue weighted by Crippen LogP contribution is 2.16. The van der Waals surface area contributed by atoms with E-state index in [2.05, 4.69) is 9.47 Å². The number of aliphatic hydroxyl groups is 1. The lowest BCUT2D eigenvalue weighted by Crippen LogP contribution is -2.11. The van der Waals surface area contributed by atoms with Crippen LogP contribution in [0.5, 0.6) is 11.5 Å². The molecule has 5 heteroatoms. The van der Waals surface area contributed by atoms with E-state index in [1.807, 2.05) is 0 Å². The molecule has 0 heterocycles. The molecule has 1 aromatic rings. The molecule has 0 saturated heterocycles. The molecular weight excluding hydrogens is 188 g/mol. The average Bonchev–Trinajstić information content (AvgIpc) is 2.21. The van der Waals surface area contributed by atoms with E-state index >= 15 is 0 Å². The maximum atomic E-state index is 10.6. The van der Waals surface area contributed by atoms with Crippen molar-refractivity contribution in [3.63, 3.8) is 0 Å². The van der Waals surface area contributed by atoms with Gasteiger partial charge in [-0.3, -0.25) is 4.79 Å². The molecule has 0 radical (unpaired) electrons. The fourth-order valence-corrected chi connectivity index (χ4v) is 0.806. The quantitative estimate of drug-likeness (QED) is 0.420. The molecule has 0 aromatic heterocycles. The molecule has 1 N–H and O–H groups in total. The van der Waals surface area contributed by atoms with Crippen molar-refractivity contribution in [1.29, 1.82) is 0 Å². The normalized spacial score (nSPS) is 9.21. The molecule has 0 atom stereocenters. The lowest BCUT2D eigenvalue weighted by molar-refractivity contribution is -0.137. The van der Waals surface area contributed by atoms with Crippen molar-refractivity contribution in [3.05, 3.63) is 24.3 Å². The number of rotatable bonds is 4. The van der Waals surface area contributed by atoms with Crippen molar-refractivity contribution < 1.29 is 24.2 Å². The monoisotopic (exact) mass is 196 g/mol. The zero-order valence-corrected chi connectivity index (χ0v) is 7.17. The van der Waals surface area contributed by atoms with Gasteiger partial charge in [0.05, 0.1) is 0 Å². The molecule has 0 saturated carbocycles. The van der Waals surface area contributed by atoms with Gasteiger partial charge in [-0.1, -0.05) is 0 Å². The van der Waals surface area contributed by atoms with Gasteiger partial charge in [0.25, 0.3) is 6.47 Å². The SMILES string of the molecule is O=COc1ccc(OC(=O)CO)cc1. The summed E-state index contributed by atoms with van der Waals surface area (Å²) < 4.78 is 9.19. The summed E-state index contributed by atoms with van der Waals surface area (Å²) in [7, 11) is 0. The van der Waals surface area contributed by atoms with Crippen molar-refractivity contribution in [2.24, 2.45) is 0 Å². The molecule has 0 aliphatic rings. The highest BCUT2D eigenvalue weighted by molar-refractivity contribution is 5.73. The Hall–Kier alpha value is -1.88. The Morgan fingerprint density at radius 2 is 1.86 bits per heavy atom. The van der Waals surface area contributed by atoms with Crippen molar-refractivity contribution in [3.8, 4) is 11.5 Å². The minimum absolute atomic E-state index is 0.280. The van der Waals surface area contributed by atoms with Crippen LogP contribution in [0.3, 0.4) is 0 Å². The van der Waals surface area contributed by atoms with E-state index in [0.717, 1.165) is 0 Å². The van der Waals surface area contributed by atoms with E-state index in [-0.39, 0.29) is 5.75 Å². The summed E-state index contributed by atoms with van der Waals surface area (Å²) >= 11 is 0. The Morgan fingerprint density at radius 3 is 2.36 bits per heavy atom. The van der Waals surface area contributed by atoms with Gasteiger partial charge in [0.1, 0.15) is 18.1 Å². The summed E-state index contributed by atoms with van der Waals surface area (Å²) in [6.45, 7) is -0.374. The van der Waals surface area contributed by atoms with E-state index in [1.54, 1.807) is 0 Å². The van der Waals surface area contributed by atoms with Gasteiger partial charge in [0.15, 0.2) is 0 Å². The highest BCUT2D eigenvalue weighted by atomic mass is 16.5. The van der Waals surface area contributed by atoms with Crippen LogP contribution < -0.4 is 9.47 Å². The van der Waals surface area contributed by atoms with Crippen LogP contribution in [0.1, 0.15) is 0 Å². The number of hydrogen-bond acceptors (Lipinski definition) is 5. The minimum atomic E-state index is -0.742. The molecule has 0 amide bonds. The number of esters is 1. The second kappa shape index (κ2) is 4.98. The summed E-state index contributed by atoms with van der Waals surface area (Å²) in [5, 5.41) is 8.39. The number of benzene rings is 1. The first-order valence-electron chi connectivity index (χ1n) is 3.78. The first-order valence-corrected chi connectivity index (χ1v) is 3.78. The average molecular weight is 196 g/mol. The smallest absolute Gasteiger partial charge is 0.337 e. The Kier molecular flexibility index (Phi) is 3.63. The first kappa shape index (κ1) is 10.2. The predicted molar refractivity (Wildman–Crippen MR) is 45.9 cm³/mol. The van der Waals surface area contributed by atoms with Gasteiger partial charge in [0.2, 0.25) is 0 Å². The Morgan fingerprint density at radius 1 is 1.29 bits per heavy atom. The summed E-state index contributed by atoms with van der Waals surface area (Å²) in [5.41, 5.74) is 0. The minimum Gasteiger partial charge on any atom is -0.429 e. The van der Waals surface area contributed by atoms with Gasteiger partial charge in [0, 0.05) is 0 Å². The van der Waals surface area contributed by atoms with Gasteiger partial charge >= 0.3 is 5.97 Å². The van der Waals surface area contributed by atoms with Crippen molar-refractivity contribution in [1.82, 2.24) is 0 Å². The third-order valence-corrected chi connectivity index (χ3v) is 1.37. The zero-order chi connectivity index (χ0) is 10.4. The van der Waals surface area contributed by atoms with E-state index < -0.39 is 12.6 Å². The van der Waals surface area contributed by atoms with Crippen LogP contribution in [-0.4, -0.2) is 24.2 Å². The van der Waals surface area contributed by atoms with Crippen LogP contribution in [0.2, 0.25) is 0 Å². The van der Waals surface area contributed by atoms with Gasteiger partial charge in [-0.2, -0.15) is 0 Å². The Bertz CT molecular complexity index is 316. The van der Waals surface area contributed by atoms with E-state index in [1.165, 1.54) is 24.3 Å². The Labute approximate surface area is 79.9 Å². The molecule has 0 aliphatic carbocycles. The summed E-state index contributed by atoms with van der Waals surface area (Å²) in [6.07, 6.45) is 0. The third kappa shape index (κ3) is 2.87. The molecule has 74 valence electrons. The first-order chi connectivity index (χ1) is 6.76. The van der Waals surface area contributed by atoms with Gasteiger partial charge in [-0.25, -0.2) is 4.79 Å². The number of carbonyl (C=O) groups excluding carboxylic acids is 2. The van der Waals surface area contributed by atoms with Crippen molar-refractivity contribution in [2.45, 2.75) is 0 Å². The fraction of sp³-hybridized carbons (Fsp3) is 0.111. The molecule has 0 spiro atoms. The van der Waals surface area contributed by atoms with Crippen LogP contribution >= 0.6 is 0 Å². The maximum Gasteiger partial charge on any atom is 0.337 e. The number of carbonyl (C=O) groups is 2. The van der Waals surface area contributed by atoms with Crippen molar-refractivity contribution >= 4 is 12.4 Å². The number of ether oxygens (including phenoxy) is 2. The predicted octanol–water partition coefficient (Wildman–Crippen LogP) is 0.119. The van der Waals surface area contributed by atoms with Crippen molar-refractivity contribution in [2.75, 3.05) is 6.61 Å². The molecule has 5 nitrogen and oxygen atoms in total. The third-order valence-electron chi connectivity index (χ3n) is 1.37. The van der Waals surface area contributed by atoms with Crippen LogP contribution in [0.15, 0.2) is 24.3 Å². The largest absolute Gasteiger partial charge is 0.429 e. The number of hydrogen-bond donors (Lipinski definition) is 1. The molecular formula is C9H8O5. The summed E-state index contributed by atoms with van der Waals surface area (Å²) in [6, 6.07) is 5.83. The Balaban J connectivity index is 2.63. The molecule has 0 unspecified atom stereocenters. The molecule has 14 heavy (non-hydrogen) atoms. The van der Waals surface area contributed by atoms with Crippen LogP contribution in [0.4, 0.5) is 0 Å².